The number of rotatable bonds is 6. The molecule has 1 N–H and O–H groups in total. The highest BCUT2D eigenvalue weighted by Crippen LogP contribution is 2.28. The molecule has 0 bridgehead atoms. The Bertz CT molecular complexity index is 400. The first kappa shape index (κ1) is 14.3. The third-order valence-corrected chi connectivity index (χ3v) is 4.06. The topological polar surface area (TPSA) is 15.3 Å². The van der Waals surface area contributed by atoms with Crippen LogP contribution in [-0.2, 0) is 6.54 Å². The lowest BCUT2D eigenvalue weighted by atomic mass is 10.1. The van der Waals surface area contributed by atoms with Crippen LogP contribution in [-0.4, -0.2) is 20.1 Å². The first-order chi connectivity index (χ1) is 9.22. The molecule has 0 saturated heterocycles. The molecule has 0 aromatic heterocycles. The van der Waals surface area contributed by atoms with E-state index in [9.17, 15) is 4.39 Å². The average molecular weight is 264 g/mol. The van der Waals surface area contributed by atoms with Crippen LogP contribution in [0.1, 0.15) is 38.2 Å². The van der Waals surface area contributed by atoms with Crippen LogP contribution < -0.4 is 10.2 Å². The Morgan fingerprint density at radius 2 is 2.05 bits per heavy atom. The third kappa shape index (κ3) is 3.69. The number of hydrogen-bond donors (Lipinski definition) is 1. The zero-order chi connectivity index (χ0) is 13.7. The van der Waals surface area contributed by atoms with Crippen molar-refractivity contribution in [2.24, 2.45) is 5.92 Å². The predicted molar refractivity (Wildman–Crippen MR) is 79.0 cm³/mol. The molecule has 1 aliphatic carbocycles. The molecule has 0 spiro atoms. The van der Waals surface area contributed by atoms with Gasteiger partial charge in [0.15, 0.2) is 0 Å². The Morgan fingerprint density at radius 1 is 1.32 bits per heavy atom. The van der Waals surface area contributed by atoms with E-state index in [0.717, 1.165) is 30.3 Å². The molecule has 1 aliphatic rings. The SMILES string of the molecule is CCNCc1c(F)cccc1N(C)CC1CCCC1. The van der Waals surface area contributed by atoms with E-state index in [-0.39, 0.29) is 5.82 Å². The summed E-state index contributed by atoms with van der Waals surface area (Å²) in [4.78, 5) is 2.23. The first-order valence-electron chi connectivity index (χ1n) is 7.41. The summed E-state index contributed by atoms with van der Waals surface area (Å²) in [6.07, 6.45) is 5.35. The second-order valence-electron chi connectivity index (χ2n) is 5.55. The maximum Gasteiger partial charge on any atom is 0.129 e. The molecule has 1 aromatic rings. The molecule has 106 valence electrons. The molecule has 2 rings (SSSR count). The van der Waals surface area contributed by atoms with Crippen LogP contribution >= 0.6 is 0 Å². The van der Waals surface area contributed by atoms with Crippen molar-refractivity contribution < 1.29 is 4.39 Å². The maximum atomic E-state index is 14.0. The van der Waals surface area contributed by atoms with Gasteiger partial charge < -0.3 is 10.2 Å². The van der Waals surface area contributed by atoms with Crippen LogP contribution in [0.15, 0.2) is 18.2 Å². The standard InChI is InChI=1S/C16H25FN2/c1-3-18-11-14-15(17)9-6-10-16(14)19(2)12-13-7-4-5-8-13/h6,9-10,13,18H,3-5,7-8,11-12H2,1-2H3. The van der Waals surface area contributed by atoms with Crippen molar-refractivity contribution in [2.45, 2.75) is 39.2 Å². The summed E-state index contributed by atoms with van der Waals surface area (Å²) >= 11 is 0. The fourth-order valence-corrected chi connectivity index (χ4v) is 3.01. The van der Waals surface area contributed by atoms with E-state index in [4.69, 9.17) is 0 Å². The molecule has 0 atom stereocenters. The smallest absolute Gasteiger partial charge is 0.129 e. The van der Waals surface area contributed by atoms with E-state index in [2.05, 4.69) is 17.3 Å². The lowest BCUT2D eigenvalue weighted by molar-refractivity contribution is 0.542. The van der Waals surface area contributed by atoms with Gasteiger partial charge in [-0.2, -0.15) is 0 Å². The molecule has 0 amide bonds. The molecular formula is C16H25FN2. The second kappa shape index (κ2) is 6.90. The second-order valence-corrected chi connectivity index (χ2v) is 5.55. The maximum absolute atomic E-state index is 14.0. The van der Waals surface area contributed by atoms with Crippen molar-refractivity contribution in [3.05, 3.63) is 29.6 Å². The molecule has 0 aliphatic heterocycles. The quantitative estimate of drug-likeness (QED) is 0.845. The Morgan fingerprint density at radius 3 is 2.74 bits per heavy atom. The van der Waals surface area contributed by atoms with Crippen LogP contribution in [0.5, 0.6) is 0 Å². The summed E-state index contributed by atoms with van der Waals surface area (Å²) in [5.41, 5.74) is 1.83. The molecule has 1 saturated carbocycles. The zero-order valence-electron chi connectivity index (χ0n) is 12.1. The van der Waals surface area contributed by atoms with Gasteiger partial charge in [-0.1, -0.05) is 25.8 Å². The van der Waals surface area contributed by atoms with Crippen molar-refractivity contribution in [1.82, 2.24) is 5.32 Å². The molecular weight excluding hydrogens is 239 g/mol. The Kier molecular flexibility index (Phi) is 5.20. The fraction of sp³-hybridized carbons (Fsp3) is 0.625. The zero-order valence-corrected chi connectivity index (χ0v) is 12.1. The van der Waals surface area contributed by atoms with Gasteiger partial charge in [0.1, 0.15) is 5.82 Å². The third-order valence-electron chi connectivity index (χ3n) is 4.06. The van der Waals surface area contributed by atoms with Crippen LogP contribution in [0.3, 0.4) is 0 Å². The minimum Gasteiger partial charge on any atom is -0.374 e. The van der Waals surface area contributed by atoms with Crippen LogP contribution in [0.4, 0.5) is 10.1 Å². The molecule has 1 aromatic carbocycles. The number of anilines is 1. The van der Waals surface area contributed by atoms with Crippen molar-refractivity contribution in [1.29, 1.82) is 0 Å². The lowest BCUT2D eigenvalue weighted by Gasteiger charge is -2.26. The number of halogens is 1. The van der Waals surface area contributed by atoms with Gasteiger partial charge >= 0.3 is 0 Å². The van der Waals surface area contributed by atoms with Crippen molar-refractivity contribution >= 4 is 5.69 Å². The van der Waals surface area contributed by atoms with Crippen LogP contribution in [0.25, 0.3) is 0 Å². The van der Waals surface area contributed by atoms with Gasteiger partial charge in [-0.3, -0.25) is 0 Å². The van der Waals surface area contributed by atoms with Gasteiger partial charge in [-0.25, -0.2) is 4.39 Å². The first-order valence-corrected chi connectivity index (χ1v) is 7.41. The monoisotopic (exact) mass is 264 g/mol. The molecule has 0 unspecified atom stereocenters. The van der Waals surface area contributed by atoms with Gasteiger partial charge in [-0.05, 0) is 37.4 Å². The van der Waals surface area contributed by atoms with Gasteiger partial charge in [0.25, 0.3) is 0 Å². The Labute approximate surface area is 116 Å². The van der Waals surface area contributed by atoms with Crippen molar-refractivity contribution in [2.75, 3.05) is 25.0 Å². The summed E-state index contributed by atoms with van der Waals surface area (Å²) in [7, 11) is 2.09. The van der Waals surface area contributed by atoms with Gasteiger partial charge in [0.05, 0.1) is 0 Å². The normalized spacial score (nSPS) is 15.9. The summed E-state index contributed by atoms with van der Waals surface area (Å²) < 4.78 is 14.0. The summed E-state index contributed by atoms with van der Waals surface area (Å²) in [5, 5.41) is 3.23. The fourth-order valence-electron chi connectivity index (χ4n) is 3.01. The molecule has 1 fully saturated rings. The van der Waals surface area contributed by atoms with Crippen molar-refractivity contribution in [3.63, 3.8) is 0 Å². The summed E-state index contributed by atoms with van der Waals surface area (Å²) in [6, 6.07) is 5.40. The average Bonchev–Trinajstić information content (AvgIpc) is 2.90. The van der Waals surface area contributed by atoms with Gasteiger partial charge in [-0.15, -0.1) is 0 Å². The van der Waals surface area contributed by atoms with E-state index in [1.807, 2.05) is 19.1 Å². The molecule has 0 heterocycles. The van der Waals surface area contributed by atoms with Gasteiger partial charge in [0.2, 0.25) is 0 Å². The number of nitrogens with one attached hydrogen (secondary N) is 1. The van der Waals surface area contributed by atoms with E-state index in [0.29, 0.717) is 6.54 Å². The van der Waals surface area contributed by atoms with Crippen LogP contribution in [0, 0.1) is 11.7 Å². The highest BCUT2D eigenvalue weighted by molar-refractivity contribution is 5.53. The number of hydrogen-bond acceptors (Lipinski definition) is 2. The van der Waals surface area contributed by atoms with Crippen LogP contribution in [0.2, 0.25) is 0 Å². The lowest BCUT2D eigenvalue weighted by Crippen LogP contribution is -2.26. The highest BCUT2D eigenvalue weighted by Gasteiger charge is 2.19. The minimum absolute atomic E-state index is 0.100. The van der Waals surface area contributed by atoms with E-state index in [1.165, 1.54) is 25.7 Å². The number of nitrogens with zero attached hydrogens (tertiary/aromatic N) is 1. The molecule has 2 nitrogen and oxygen atoms in total. The Hall–Kier alpha value is -1.09. The largest absolute Gasteiger partial charge is 0.374 e. The summed E-state index contributed by atoms with van der Waals surface area (Å²) in [6.45, 7) is 4.55. The molecule has 0 radical (unpaired) electrons. The van der Waals surface area contributed by atoms with E-state index in [1.54, 1.807) is 6.07 Å². The minimum atomic E-state index is -0.100. The Balaban J connectivity index is 2.10. The molecule has 3 heteroatoms. The summed E-state index contributed by atoms with van der Waals surface area (Å²) in [5.74, 6) is 0.678. The van der Waals surface area contributed by atoms with Crippen molar-refractivity contribution in [3.8, 4) is 0 Å². The highest BCUT2D eigenvalue weighted by atomic mass is 19.1. The number of benzene rings is 1. The van der Waals surface area contributed by atoms with E-state index < -0.39 is 0 Å². The predicted octanol–water partition coefficient (Wildman–Crippen LogP) is 3.56. The van der Waals surface area contributed by atoms with E-state index >= 15 is 0 Å². The molecule has 19 heavy (non-hydrogen) atoms. The van der Waals surface area contributed by atoms with Gasteiger partial charge in [0, 0.05) is 31.4 Å².